The van der Waals surface area contributed by atoms with Crippen molar-refractivity contribution >= 4 is 45.5 Å². The van der Waals surface area contributed by atoms with Crippen LogP contribution in [0.5, 0.6) is 0 Å². The van der Waals surface area contributed by atoms with Gasteiger partial charge < -0.3 is 47.0 Å². The number of para-hydroxylation sites is 2. The topological polar surface area (TPSA) is 223 Å². The Hall–Kier alpha value is -4.72. The van der Waals surface area contributed by atoms with Gasteiger partial charge in [0.2, 0.25) is 17.7 Å². The standard InChI is InChI=1S/C29H34N6O7/c1-15(37)25(35-26(38)20(30)10-16-12-31-21-8-4-2-6-18(16)21)28(40)34-24(14-36)27(39)33-23(29(41)42)11-17-13-32-22-9-5-3-7-19(17)22/h2-9,12-13,15,20,23-25,31-32,36-37H,10-11,14,30H2,1H3,(H,33,39)(H,34,40)(H,35,38)(H,41,42). The molecule has 13 nitrogen and oxygen atoms in total. The molecule has 42 heavy (non-hydrogen) atoms. The number of benzene rings is 2. The maximum absolute atomic E-state index is 13.0. The average Bonchev–Trinajstić information content (AvgIpc) is 3.57. The summed E-state index contributed by atoms with van der Waals surface area (Å²) in [5.41, 5.74) is 9.23. The number of carboxylic acids is 1. The Kier molecular flexibility index (Phi) is 9.57. The van der Waals surface area contributed by atoms with E-state index < -0.39 is 60.6 Å². The van der Waals surface area contributed by atoms with E-state index in [2.05, 4.69) is 25.9 Å². The van der Waals surface area contributed by atoms with Gasteiger partial charge in [0.1, 0.15) is 18.1 Å². The fourth-order valence-corrected chi connectivity index (χ4v) is 4.74. The van der Waals surface area contributed by atoms with Crippen molar-refractivity contribution in [2.75, 3.05) is 6.61 Å². The number of hydrogen-bond acceptors (Lipinski definition) is 7. The first-order valence-electron chi connectivity index (χ1n) is 13.4. The molecule has 2 aromatic carbocycles. The van der Waals surface area contributed by atoms with Crippen LogP contribution in [0.2, 0.25) is 0 Å². The van der Waals surface area contributed by atoms with E-state index in [1.165, 1.54) is 6.92 Å². The number of nitrogens with two attached hydrogens (primary N) is 1. The minimum Gasteiger partial charge on any atom is -0.480 e. The second kappa shape index (κ2) is 13.3. The third-order valence-corrected chi connectivity index (χ3v) is 7.04. The van der Waals surface area contributed by atoms with Gasteiger partial charge in [-0.1, -0.05) is 36.4 Å². The van der Waals surface area contributed by atoms with Crippen molar-refractivity contribution in [3.8, 4) is 0 Å². The second-order valence-corrected chi connectivity index (χ2v) is 10.1. The van der Waals surface area contributed by atoms with Crippen molar-refractivity contribution in [2.24, 2.45) is 5.73 Å². The molecule has 0 fully saturated rings. The van der Waals surface area contributed by atoms with Gasteiger partial charge in [0.05, 0.1) is 18.8 Å². The summed E-state index contributed by atoms with van der Waals surface area (Å²) in [6.07, 6.45) is 2.10. The van der Waals surface area contributed by atoms with Gasteiger partial charge >= 0.3 is 5.97 Å². The fraction of sp³-hybridized carbons (Fsp3) is 0.310. The smallest absolute Gasteiger partial charge is 0.326 e. The zero-order valence-corrected chi connectivity index (χ0v) is 22.8. The first-order valence-corrected chi connectivity index (χ1v) is 13.4. The highest BCUT2D eigenvalue weighted by atomic mass is 16.4. The Labute approximate surface area is 240 Å². The van der Waals surface area contributed by atoms with Crippen LogP contribution < -0.4 is 21.7 Å². The Morgan fingerprint density at radius 2 is 1.31 bits per heavy atom. The summed E-state index contributed by atoms with van der Waals surface area (Å²) in [4.78, 5) is 56.8. The monoisotopic (exact) mass is 578 g/mol. The van der Waals surface area contributed by atoms with Crippen molar-refractivity contribution in [2.45, 2.75) is 50.0 Å². The predicted octanol–water partition coefficient (Wildman–Crippen LogP) is -0.326. The molecule has 3 amide bonds. The number of aliphatic hydroxyl groups is 2. The van der Waals surface area contributed by atoms with Crippen LogP contribution in [0, 0.1) is 0 Å². The summed E-state index contributed by atoms with van der Waals surface area (Å²) >= 11 is 0. The SMILES string of the molecule is CC(O)C(NC(=O)C(N)Cc1c[nH]c2ccccc12)C(=O)NC(CO)C(=O)NC(Cc1c[nH]c2ccccc12)C(=O)O. The molecule has 0 saturated heterocycles. The van der Waals surface area contributed by atoms with E-state index in [9.17, 15) is 34.5 Å². The summed E-state index contributed by atoms with van der Waals surface area (Å²) in [6.45, 7) is 0.406. The van der Waals surface area contributed by atoms with Crippen LogP contribution in [0.3, 0.4) is 0 Å². The molecule has 0 bridgehead atoms. The number of carboxylic acid groups (broad SMARTS) is 1. The molecule has 2 aromatic heterocycles. The number of aromatic amines is 2. The molecule has 10 N–H and O–H groups in total. The molecule has 5 atom stereocenters. The van der Waals surface area contributed by atoms with E-state index in [0.717, 1.165) is 27.4 Å². The van der Waals surface area contributed by atoms with Crippen LogP contribution >= 0.6 is 0 Å². The van der Waals surface area contributed by atoms with Gasteiger partial charge in [-0.15, -0.1) is 0 Å². The molecular formula is C29H34N6O7. The number of rotatable bonds is 13. The minimum absolute atomic E-state index is 0.0577. The number of aromatic nitrogens is 2. The van der Waals surface area contributed by atoms with Gasteiger partial charge in [-0.05, 0) is 36.6 Å². The molecule has 0 aliphatic carbocycles. The first-order chi connectivity index (χ1) is 20.1. The lowest BCUT2D eigenvalue weighted by Gasteiger charge is -2.25. The molecule has 4 rings (SSSR count). The van der Waals surface area contributed by atoms with E-state index in [-0.39, 0.29) is 12.8 Å². The normalized spacial score (nSPS) is 15.0. The van der Waals surface area contributed by atoms with Crippen molar-refractivity contribution in [1.29, 1.82) is 0 Å². The number of nitrogens with one attached hydrogen (secondary N) is 5. The molecule has 4 aromatic rings. The molecule has 0 spiro atoms. The van der Waals surface area contributed by atoms with E-state index in [4.69, 9.17) is 5.73 Å². The molecule has 0 radical (unpaired) electrons. The number of carbonyl (C=O) groups is 4. The number of amides is 3. The van der Waals surface area contributed by atoms with Crippen LogP contribution in [0.1, 0.15) is 18.1 Å². The molecule has 5 unspecified atom stereocenters. The number of carbonyl (C=O) groups excluding carboxylic acids is 3. The van der Waals surface area contributed by atoms with E-state index in [1.54, 1.807) is 18.5 Å². The lowest BCUT2D eigenvalue weighted by Crippen LogP contribution is -2.60. The van der Waals surface area contributed by atoms with E-state index in [0.29, 0.717) is 5.56 Å². The average molecular weight is 579 g/mol. The maximum atomic E-state index is 13.0. The van der Waals surface area contributed by atoms with Gasteiger partial charge in [-0.25, -0.2) is 4.79 Å². The first kappa shape index (κ1) is 30.2. The summed E-state index contributed by atoms with van der Waals surface area (Å²) in [7, 11) is 0. The highest BCUT2D eigenvalue weighted by Crippen LogP contribution is 2.20. The molecule has 0 aliphatic rings. The lowest BCUT2D eigenvalue weighted by molar-refractivity contribution is -0.142. The van der Waals surface area contributed by atoms with E-state index >= 15 is 0 Å². The molecule has 13 heteroatoms. The van der Waals surface area contributed by atoms with Crippen molar-refractivity contribution < 1.29 is 34.5 Å². The van der Waals surface area contributed by atoms with Crippen LogP contribution in [-0.4, -0.2) is 85.9 Å². The van der Waals surface area contributed by atoms with Gasteiger partial charge in [0.25, 0.3) is 0 Å². The zero-order valence-electron chi connectivity index (χ0n) is 22.8. The lowest BCUT2D eigenvalue weighted by atomic mass is 10.0. The van der Waals surface area contributed by atoms with Gasteiger partial charge in [-0.2, -0.15) is 0 Å². The number of hydrogen-bond donors (Lipinski definition) is 9. The van der Waals surface area contributed by atoms with Crippen molar-refractivity contribution in [1.82, 2.24) is 25.9 Å². The molecule has 2 heterocycles. The molecule has 222 valence electrons. The highest BCUT2D eigenvalue weighted by molar-refractivity contribution is 5.95. The minimum atomic E-state index is -1.56. The fourth-order valence-electron chi connectivity index (χ4n) is 4.74. The maximum Gasteiger partial charge on any atom is 0.326 e. The quantitative estimate of drug-likeness (QED) is 0.102. The Morgan fingerprint density at radius 1 is 0.786 bits per heavy atom. The Morgan fingerprint density at radius 3 is 1.83 bits per heavy atom. The number of fused-ring (bicyclic) bond motifs is 2. The third-order valence-electron chi connectivity index (χ3n) is 7.04. The predicted molar refractivity (Wildman–Crippen MR) is 154 cm³/mol. The molecular weight excluding hydrogens is 544 g/mol. The van der Waals surface area contributed by atoms with Gasteiger partial charge in [0, 0.05) is 40.6 Å². The molecule has 0 aliphatic heterocycles. The number of aliphatic hydroxyl groups excluding tert-OH is 2. The summed E-state index contributed by atoms with van der Waals surface area (Å²) in [6, 6.07) is 9.28. The van der Waals surface area contributed by atoms with E-state index in [1.807, 2.05) is 42.5 Å². The summed E-state index contributed by atoms with van der Waals surface area (Å²) < 4.78 is 0. The van der Waals surface area contributed by atoms with Crippen LogP contribution in [-0.2, 0) is 32.0 Å². The van der Waals surface area contributed by atoms with Gasteiger partial charge in [0.15, 0.2) is 0 Å². The number of aliphatic carboxylic acids is 1. The van der Waals surface area contributed by atoms with Crippen molar-refractivity contribution in [3.05, 3.63) is 72.1 Å². The van der Waals surface area contributed by atoms with Crippen LogP contribution in [0.4, 0.5) is 0 Å². The highest BCUT2D eigenvalue weighted by Gasteiger charge is 2.32. The number of H-pyrrole nitrogens is 2. The molecule has 0 saturated carbocycles. The van der Waals surface area contributed by atoms with Crippen molar-refractivity contribution in [3.63, 3.8) is 0 Å². The zero-order chi connectivity index (χ0) is 30.4. The van der Waals surface area contributed by atoms with Crippen LogP contribution in [0.25, 0.3) is 21.8 Å². The largest absolute Gasteiger partial charge is 0.480 e. The Balaban J connectivity index is 1.38. The summed E-state index contributed by atoms with van der Waals surface area (Å²) in [5, 5.41) is 38.5. The second-order valence-electron chi connectivity index (χ2n) is 10.1. The third kappa shape index (κ3) is 6.94. The Bertz CT molecular complexity index is 1580. The summed E-state index contributed by atoms with van der Waals surface area (Å²) in [5.74, 6) is -3.94. The van der Waals surface area contributed by atoms with Gasteiger partial charge in [-0.3, -0.25) is 14.4 Å². The van der Waals surface area contributed by atoms with Crippen LogP contribution in [0.15, 0.2) is 60.9 Å².